The molecule has 126 valence electrons. The number of sulfonamides is 1. The van der Waals surface area contributed by atoms with Crippen LogP contribution in [0.3, 0.4) is 0 Å². The van der Waals surface area contributed by atoms with E-state index in [-0.39, 0.29) is 13.4 Å². The second-order valence-electron chi connectivity index (χ2n) is 4.84. The molecule has 1 fully saturated rings. The molecule has 9 heteroatoms. The smallest absolute Gasteiger partial charge is 0.250 e. The van der Waals surface area contributed by atoms with Crippen molar-refractivity contribution in [3.63, 3.8) is 0 Å². The van der Waals surface area contributed by atoms with Gasteiger partial charge in [-0.2, -0.15) is 0 Å². The molecule has 0 bridgehead atoms. The van der Waals surface area contributed by atoms with Crippen molar-refractivity contribution in [3.05, 3.63) is 17.0 Å². The molecular formula is C13H22N2O5S2. The van der Waals surface area contributed by atoms with Gasteiger partial charge >= 0.3 is 0 Å². The van der Waals surface area contributed by atoms with E-state index in [9.17, 15) is 8.42 Å². The highest BCUT2D eigenvalue weighted by Crippen LogP contribution is 2.23. The van der Waals surface area contributed by atoms with Crippen molar-refractivity contribution in [2.45, 2.75) is 10.8 Å². The van der Waals surface area contributed by atoms with Crippen molar-refractivity contribution in [2.75, 3.05) is 53.3 Å². The number of morpholine rings is 1. The van der Waals surface area contributed by atoms with Gasteiger partial charge in [0.15, 0.2) is 0 Å². The Morgan fingerprint density at radius 2 is 2.18 bits per heavy atom. The number of rotatable bonds is 9. The maximum atomic E-state index is 12.4. The Bertz CT molecular complexity index is 540. The van der Waals surface area contributed by atoms with Crippen LogP contribution in [-0.4, -0.2) is 66.6 Å². The molecule has 0 atom stereocenters. The molecule has 2 rings (SSSR count). The lowest BCUT2D eigenvalue weighted by molar-refractivity contribution is -0.0395. The minimum Gasteiger partial charge on any atom is -0.379 e. The fourth-order valence-electron chi connectivity index (χ4n) is 2.13. The molecule has 0 aromatic carbocycles. The lowest BCUT2D eigenvalue weighted by Gasteiger charge is -2.26. The average molecular weight is 350 g/mol. The van der Waals surface area contributed by atoms with Crippen LogP contribution in [0.1, 0.15) is 5.56 Å². The SMILES string of the molecule is COCOCc1ccsc1S(=O)(=O)NCCN1CCOCC1. The van der Waals surface area contributed by atoms with Gasteiger partial charge in [-0.15, -0.1) is 11.3 Å². The van der Waals surface area contributed by atoms with Crippen LogP contribution < -0.4 is 4.72 Å². The van der Waals surface area contributed by atoms with Gasteiger partial charge in [0.1, 0.15) is 11.0 Å². The number of thiophene rings is 1. The van der Waals surface area contributed by atoms with Crippen LogP contribution in [0, 0.1) is 0 Å². The summed E-state index contributed by atoms with van der Waals surface area (Å²) in [6.45, 7) is 4.53. The number of ether oxygens (including phenoxy) is 3. The Morgan fingerprint density at radius 3 is 2.91 bits per heavy atom. The molecular weight excluding hydrogens is 328 g/mol. The van der Waals surface area contributed by atoms with E-state index in [0.717, 1.165) is 13.1 Å². The van der Waals surface area contributed by atoms with E-state index in [1.165, 1.54) is 18.4 Å². The number of methoxy groups -OCH3 is 1. The predicted molar refractivity (Wildman–Crippen MR) is 83.4 cm³/mol. The van der Waals surface area contributed by atoms with Gasteiger partial charge in [-0.25, -0.2) is 13.1 Å². The zero-order chi connectivity index (χ0) is 15.8. The van der Waals surface area contributed by atoms with Gasteiger partial charge in [-0.3, -0.25) is 4.90 Å². The largest absolute Gasteiger partial charge is 0.379 e. The quantitative estimate of drug-likeness (QED) is 0.516. The van der Waals surface area contributed by atoms with E-state index in [0.29, 0.717) is 36.1 Å². The number of hydrogen-bond acceptors (Lipinski definition) is 7. The standard InChI is InChI=1S/C13H22N2O5S2/c1-18-11-20-10-12-2-9-21-13(12)22(16,17)14-3-4-15-5-7-19-8-6-15/h2,9,14H,3-8,10-11H2,1H3. The molecule has 0 saturated carbocycles. The summed E-state index contributed by atoms with van der Waals surface area (Å²) < 4.78 is 43.0. The number of nitrogens with zero attached hydrogens (tertiary/aromatic N) is 1. The maximum Gasteiger partial charge on any atom is 0.250 e. The van der Waals surface area contributed by atoms with Crippen molar-refractivity contribution in [2.24, 2.45) is 0 Å². The van der Waals surface area contributed by atoms with Gasteiger partial charge in [0.25, 0.3) is 0 Å². The molecule has 7 nitrogen and oxygen atoms in total. The summed E-state index contributed by atoms with van der Waals surface area (Å²) in [5.41, 5.74) is 0.654. The molecule has 22 heavy (non-hydrogen) atoms. The highest BCUT2D eigenvalue weighted by Gasteiger charge is 2.20. The Kier molecular flexibility index (Phi) is 7.22. The minimum absolute atomic E-state index is 0.139. The Hall–Kier alpha value is -0.550. The Morgan fingerprint density at radius 1 is 1.41 bits per heavy atom. The molecule has 1 aliphatic heterocycles. The van der Waals surface area contributed by atoms with Crippen molar-refractivity contribution in [3.8, 4) is 0 Å². The Labute approximate surface area is 135 Å². The second kappa shape index (κ2) is 8.92. The first-order valence-corrected chi connectivity index (χ1v) is 9.42. The highest BCUT2D eigenvalue weighted by molar-refractivity contribution is 7.91. The van der Waals surface area contributed by atoms with Crippen LogP contribution in [0.25, 0.3) is 0 Å². The first-order valence-electron chi connectivity index (χ1n) is 7.06. The zero-order valence-electron chi connectivity index (χ0n) is 12.6. The number of hydrogen-bond donors (Lipinski definition) is 1. The van der Waals surface area contributed by atoms with Gasteiger partial charge in [0.2, 0.25) is 10.0 Å². The van der Waals surface area contributed by atoms with Crippen LogP contribution in [0.4, 0.5) is 0 Å². The summed E-state index contributed by atoms with van der Waals surface area (Å²) in [5.74, 6) is 0. The lowest BCUT2D eigenvalue weighted by atomic mass is 10.4. The summed E-state index contributed by atoms with van der Waals surface area (Å²) in [6.07, 6.45) is 0. The third kappa shape index (κ3) is 5.27. The highest BCUT2D eigenvalue weighted by atomic mass is 32.2. The van der Waals surface area contributed by atoms with Crippen LogP contribution in [-0.2, 0) is 30.8 Å². The van der Waals surface area contributed by atoms with Crippen molar-refractivity contribution >= 4 is 21.4 Å². The molecule has 1 aromatic rings. The molecule has 2 heterocycles. The van der Waals surface area contributed by atoms with Gasteiger partial charge in [-0.05, 0) is 11.4 Å². The van der Waals surface area contributed by atoms with Gasteiger partial charge in [0.05, 0.1) is 19.8 Å². The van der Waals surface area contributed by atoms with Crippen LogP contribution in [0.5, 0.6) is 0 Å². The molecule has 0 amide bonds. The monoisotopic (exact) mass is 350 g/mol. The molecule has 1 aromatic heterocycles. The first-order chi connectivity index (χ1) is 10.6. The van der Waals surface area contributed by atoms with E-state index < -0.39 is 10.0 Å². The maximum absolute atomic E-state index is 12.4. The summed E-state index contributed by atoms with van der Waals surface area (Å²) in [5, 5.41) is 1.75. The molecule has 1 N–H and O–H groups in total. The molecule has 0 unspecified atom stereocenters. The van der Waals surface area contributed by atoms with Crippen LogP contribution in [0.15, 0.2) is 15.7 Å². The third-order valence-corrected chi connectivity index (χ3v) is 6.26. The van der Waals surface area contributed by atoms with Crippen LogP contribution >= 0.6 is 11.3 Å². The van der Waals surface area contributed by atoms with Crippen molar-refractivity contribution in [1.82, 2.24) is 9.62 Å². The fourth-order valence-corrected chi connectivity index (χ4v) is 4.58. The van der Waals surface area contributed by atoms with Crippen molar-refractivity contribution < 1.29 is 22.6 Å². The topological polar surface area (TPSA) is 77.1 Å². The lowest BCUT2D eigenvalue weighted by Crippen LogP contribution is -2.41. The van der Waals surface area contributed by atoms with Gasteiger partial charge in [0, 0.05) is 38.9 Å². The normalized spacial score (nSPS) is 17.0. The summed E-state index contributed by atoms with van der Waals surface area (Å²) in [7, 11) is -1.97. The molecule has 0 radical (unpaired) electrons. The first kappa shape index (κ1) is 17.8. The number of nitrogens with one attached hydrogen (secondary N) is 1. The average Bonchev–Trinajstić information content (AvgIpc) is 2.98. The fraction of sp³-hybridized carbons (Fsp3) is 0.692. The van der Waals surface area contributed by atoms with E-state index in [1.807, 2.05) is 0 Å². The third-order valence-electron chi connectivity index (χ3n) is 3.23. The van der Waals surface area contributed by atoms with E-state index in [1.54, 1.807) is 11.4 Å². The predicted octanol–water partition coefficient (Wildman–Crippen LogP) is 0.479. The van der Waals surface area contributed by atoms with E-state index in [4.69, 9.17) is 14.2 Å². The molecule has 0 spiro atoms. The molecule has 1 saturated heterocycles. The summed E-state index contributed by atoms with van der Waals surface area (Å²) in [4.78, 5) is 2.18. The summed E-state index contributed by atoms with van der Waals surface area (Å²) in [6, 6.07) is 1.76. The second-order valence-corrected chi connectivity index (χ2v) is 7.72. The zero-order valence-corrected chi connectivity index (χ0v) is 14.2. The van der Waals surface area contributed by atoms with Gasteiger partial charge in [-0.1, -0.05) is 0 Å². The minimum atomic E-state index is -3.50. The van der Waals surface area contributed by atoms with Crippen molar-refractivity contribution in [1.29, 1.82) is 0 Å². The van der Waals surface area contributed by atoms with Crippen LogP contribution in [0.2, 0.25) is 0 Å². The van der Waals surface area contributed by atoms with E-state index >= 15 is 0 Å². The molecule has 1 aliphatic rings. The molecule has 0 aliphatic carbocycles. The Balaban J connectivity index is 1.85. The van der Waals surface area contributed by atoms with E-state index in [2.05, 4.69) is 9.62 Å². The van der Waals surface area contributed by atoms with Gasteiger partial charge < -0.3 is 14.2 Å². The summed E-state index contributed by atoms with van der Waals surface area (Å²) >= 11 is 1.20.